The highest BCUT2D eigenvalue weighted by Gasteiger charge is 2.19. The SMILES string of the molecule is CCCCC/C=C\C/C=C\CCCCCCCC(=O)OC(CCCCCC)CCCCCCC(=O)NCC(=O)NC(CO)C(=O)O. The molecule has 0 saturated carbocycles. The van der Waals surface area contributed by atoms with Crippen LogP contribution in [0.5, 0.6) is 0 Å². The largest absolute Gasteiger partial charge is 0.480 e. The van der Waals surface area contributed by atoms with E-state index < -0.39 is 24.5 Å². The second-order valence-corrected chi connectivity index (χ2v) is 12.3. The van der Waals surface area contributed by atoms with Crippen LogP contribution in [0.3, 0.4) is 0 Å². The number of nitrogens with one attached hydrogen (secondary N) is 2. The quantitative estimate of drug-likeness (QED) is 0.0332. The number of carbonyl (C=O) groups excluding carboxylic acids is 3. The van der Waals surface area contributed by atoms with Crippen molar-refractivity contribution in [2.24, 2.45) is 0 Å². The normalized spacial score (nSPS) is 12.8. The van der Waals surface area contributed by atoms with Crippen LogP contribution in [0.1, 0.15) is 162 Å². The molecular formula is C37H66N2O7. The number of amides is 2. The molecule has 9 nitrogen and oxygen atoms in total. The molecular weight excluding hydrogens is 584 g/mol. The summed E-state index contributed by atoms with van der Waals surface area (Å²) in [5, 5.41) is 22.4. The lowest BCUT2D eigenvalue weighted by atomic mass is 10.0. The van der Waals surface area contributed by atoms with Gasteiger partial charge < -0.3 is 25.6 Å². The number of allylic oxidation sites excluding steroid dienone is 4. The second-order valence-electron chi connectivity index (χ2n) is 12.3. The summed E-state index contributed by atoms with van der Waals surface area (Å²) in [7, 11) is 0. The molecule has 0 saturated heterocycles. The molecule has 46 heavy (non-hydrogen) atoms. The van der Waals surface area contributed by atoms with Crippen LogP contribution in [0.2, 0.25) is 0 Å². The van der Waals surface area contributed by atoms with E-state index in [9.17, 15) is 19.2 Å². The molecule has 2 unspecified atom stereocenters. The van der Waals surface area contributed by atoms with Gasteiger partial charge in [-0.1, -0.05) is 102 Å². The topological polar surface area (TPSA) is 142 Å². The van der Waals surface area contributed by atoms with Crippen LogP contribution >= 0.6 is 0 Å². The van der Waals surface area contributed by atoms with Gasteiger partial charge in [0.1, 0.15) is 12.1 Å². The summed E-state index contributed by atoms with van der Waals surface area (Å²) in [6.45, 7) is 3.37. The van der Waals surface area contributed by atoms with Gasteiger partial charge >= 0.3 is 11.9 Å². The summed E-state index contributed by atoms with van der Waals surface area (Å²) >= 11 is 0. The van der Waals surface area contributed by atoms with Crippen LogP contribution in [-0.4, -0.2) is 59.3 Å². The number of esters is 1. The standard InChI is InChI=1S/C37H66N2O7/c1-3-5-7-9-10-11-12-13-14-15-16-17-18-19-25-29-36(43)46-32(26-22-8-6-4-2)27-23-20-21-24-28-34(41)38-30-35(42)39-33(31-40)37(44)45/h10-11,13-14,32-33,40H,3-9,12,15-31H2,1-2H3,(H,38,41)(H,39,42)(H,44,45)/b11-10-,14-13-. The number of carboxylic acid groups (broad SMARTS) is 1. The summed E-state index contributed by atoms with van der Waals surface area (Å²) in [6.07, 6.45) is 32.3. The Kier molecular flexibility index (Phi) is 30.4. The molecule has 9 heteroatoms. The number of unbranched alkanes of at least 4 members (excludes halogenated alkanes) is 14. The fourth-order valence-corrected chi connectivity index (χ4v) is 5.10. The van der Waals surface area contributed by atoms with E-state index in [0.717, 1.165) is 77.0 Å². The lowest BCUT2D eigenvalue weighted by Crippen LogP contribution is -2.47. The molecule has 0 radical (unpaired) electrons. The summed E-state index contributed by atoms with van der Waals surface area (Å²) < 4.78 is 5.89. The van der Waals surface area contributed by atoms with Crippen molar-refractivity contribution in [1.29, 1.82) is 0 Å². The number of ether oxygens (including phenoxy) is 1. The number of rotatable bonds is 32. The predicted molar refractivity (Wildman–Crippen MR) is 185 cm³/mol. The van der Waals surface area contributed by atoms with Gasteiger partial charge in [0.25, 0.3) is 0 Å². The van der Waals surface area contributed by atoms with Crippen LogP contribution in [0.15, 0.2) is 24.3 Å². The Bertz CT molecular complexity index is 844. The average Bonchev–Trinajstić information content (AvgIpc) is 3.03. The Labute approximate surface area is 279 Å². The fourth-order valence-electron chi connectivity index (χ4n) is 5.10. The number of carbonyl (C=O) groups is 4. The third-order valence-electron chi connectivity index (χ3n) is 7.95. The molecule has 0 aliphatic heterocycles. The van der Waals surface area contributed by atoms with Gasteiger partial charge in [-0.3, -0.25) is 14.4 Å². The van der Waals surface area contributed by atoms with Crippen molar-refractivity contribution in [3.05, 3.63) is 24.3 Å². The maximum absolute atomic E-state index is 12.6. The first kappa shape index (κ1) is 43.3. The van der Waals surface area contributed by atoms with Crippen molar-refractivity contribution in [2.75, 3.05) is 13.2 Å². The number of aliphatic hydroxyl groups excluding tert-OH is 1. The third-order valence-corrected chi connectivity index (χ3v) is 7.95. The smallest absolute Gasteiger partial charge is 0.328 e. The highest BCUT2D eigenvalue weighted by molar-refractivity contribution is 5.87. The highest BCUT2D eigenvalue weighted by Crippen LogP contribution is 2.17. The highest BCUT2D eigenvalue weighted by atomic mass is 16.5. The van der Waals surface area contributed by atoms with Crippen LogP contribution in [0.25, 0.3) is 0 Å². The fraction of sp³-hybridized carbons (Fsp3) is 0.784. The Morgan fingerprint density at radius 1 is 0.652 bits per heavy atom. The van der Waals surface area contributed by atoms with Gasteiger partial charge in [-0.2, -0.15) is 0 Å². The molecule has 0 spiro atoms. The van der Waals surface area contributed by atoms with Crippen molar-refractivity contribution in [1.82, 2.24) is 10.6 Å². The maximum Gasteiger partial charge on any atom is 0.328 e. The van der Waals surface area contributed by atoms with Gasteiger partial charge in [0.15, 0.2) is 0 Å². The van der Waals surface area contributed by atoms with Crippen molar-refractivity contribution in [3.63, 3.8) is 0 Å². The van der Waals surface area contributed by atoms with E-state index >= 15 is 0 Å². The van der Waals surface area contributed by atoms with Gasteiger partial charge in [0.2, 0.25) is 11.8 Å². The Hall–Kier alpha value is -2.68. The van der Waals surface area contributed by atoms with Crippen molar-refractivity contribution >= 4 is 23.8 Å². The molecule has 0 bridgehead atoms. The van der Waals surface area contributed by atoms with Crippen LogP contribution in [0, 0.1) is 0 Å². The molecule has 0 aliphatic rings. The minimum atomic E-state index is -1.38. The average molecular weight is 651 g/mol. The van der Waals surface area contributed by atoms with Crippen LogP contribution < -0.4 is 10.6 Å². The van der Waals surface area contributed by atoms with E-state index in [2.05, 4.69) is 48.8 Å². The summed E-state index contributed by atoms with van der Waals surface area (Å²) in [6, 6.07) is -1.38. The molecule has 2 atom stereocenters. The van der Waals surface area contributed by atoms with E-state index in [1.165, 1.54) is 51.4 Å². The molecule has 0 aliphatic carbocycles. The Morgan fingerprint density at radius 3 is 1.78 bits per heavy atom. The van der Waals surface area contributed by atoms with E-state index in [0.29, 0.717) is 12.8 Å². The zero-order chi connectivity index (χ0) is 34.1. The lowest BCUT2D eigenvalue weighted by molar-refractivity contribution is -0.150. The maximum atomic E-state index is 12.6. The van der Waals surface area contributed by atoms with Gasteiger partial charge in [-0.15, -0.1) is 0 Å². The molecule has 0 aromatic rings. The second kappa shape index (κ2) is 32.3. The van der Waals surface area contributed by atoms with E-state index in [4.69, 9.17) is 14.9 Å². The molecule has 0 aromatic carbocycles. The molecule has 0 fully saturated rings. The summed E-state index contributed by atoms with van der Waals surface area (Å²) in [5.41, 5.74) is 0. The van der Waals surface area contributed by atoms with Gasteiger partial charge in [-0.05, 0) is 70.6 Å². The first-order valence-electron chi connectivity index (χ1n) is 18.2. The van der Waals surface area contributed by atoms with Gasteiger partial charge in [0, 0.05) is 12.8 Å². The zero-order valence-electron chi connectivity index (χ0n) is 29.1. The molecule has 0 heterocycles. The summed E-state index contributed by atoms with van der Waals surface area (Å²) in [4.78, 5) is 47.1. The first-order chi connectivity index (χ1) is 22.3. The number of aliphatic hydroxyl groups is 1. The number of hydrogen-bond acceptors (Lipinski definition) is 6. The van der Waals surface area contributed by atoms with Crippen molar-refractivity contribution < 1.29 is 34.1 Å². The monoisotopic (exact) mass is 650 g/mol. The first-order valence-corrected chi connectivity index (χ1v) is 18.2. The number of hydrogen-bond donors (Lipinski definition) is 4. The van der Waals surface area contributed by atoms with E-state index in [1.54, 1.807) is 0 Å². The van der Waals surface area contributed by atoms with E-state index in [1.807, 2.05) is 0 Å². The zero-order valence-corrected chi connectivity index (χ0v) is 29.1. The molecule has 0 aromatic heterocycles. The number of carboxylic acids is 1. The Morgan fingerprint density at radius 2 is 1.17 bits per heavy atom. The predicted octanol–water partition coefficient (Wildman–Crippen LogP) is 7.70. The third kappa shape index (κ3) is 28.8. The molecule has 0 rings (SSSR count). The molecule has 4 N–H and O–H groups in total. The van der Waals surface area contributed by atoms with Gasteiger partial charge in [-0.25, -0.2) is 4.79 Å². The molecule has 2 amide bonds. The van der Waals surface area contributed by atoms with Gasteiger partial charge in [0.05, 0.1) is 13.2 Å². The summed E-state index contributed by atoms with van der Waals surface area (Å²) in [5.74, 6) is -2.36. The van der Waals surface area contributed by atoms with Crippen molar-refractivity contribution in [3.8, 4) is 0 Å². The number of aliphatic carboxylic acids is 1. The minimum Gasteiger partial charge on any atom is -0.480 e. The lowest BCUT2D eigenvalue weighted by Gasteiger charge is -2.18. The van der Waals surface area contributed by atoms with Crippen LogP contribution in [-0.2, 0) is 23.9 Å². The minimum absolute atomic E-state index is 0.0438. The van der Waals surface area contributed by atoms with Crippen LogP contribution in [0.4, 0.5) is 0 Å². The molecule has 266 valence electrons. The van der Waals surface area contributed by atoms with Crippen molar-refractivity contribution in [2.45, 2.75) is 174 Å². The Balaban J connectivity index is 4.07. The van der Waals surface area contributed by atoms with E-state index in [-0.39, 0.29) is 30.9 Å².